The molecule has 2 atom stereocenters. The Morgan fingerprint density at radius 2 is 1.72 bits per heavy atom. The van der Waals surface area contributed by atoms with Crippen molar-refractivity contribution < 1.29 is 46.1 Å². The molecule has 0 saturated carbocycles. The van der Waals surface area contributed by atoms with Crippen molar-refractivity contribution >= 4 is 29.2 Å². The molecule has 0 aliphatic carbocycles. The second kappa shape index (κ2) is 10.1. The van der Waals surface area contributed by atoms with E-state index < -0.39 is 53.4 Å². The molecule has 39 heavy (non-hydrogen) atoms. The SMILES string of the molecule is COC(=O)c1ccc(-c2ccc([C@H](C)[C@](O)(c3cc4c(cc3F)OCC(=O)N4C)C(F)(F)F)c(Cl)c2)cc1F. The zero-order chi connectivity index (χ0) is 28.9. The van der Waals surface area contributed by atoms with Crippen LogP contribution in [-0.4, -0.2) is 43.9 Å². The number of fused-ring (bicyclic) bond motifs is 1. The zero-order valence-electron chi connectivity index (χ0n) is 20.7. The zero-order valence-corrected chi connectivity index (χ0v) is 21.5. The number of likely N-dealkylation sites (N-methyl/N-ethyl adjacent to an activating group) is 1. The van der Waals surface area contributed by atoms with Gasteiger partial charge in [-0.1, -0.05) is 36.7 Å². The van der Waals surface area contributed by atoms with E-state index in [-0.39, 0.29) is 33.1 Å². The van der Waals surface area contributed by atoms with Gasteiger partial charge in [-0.2, -0.15) is 13.2 Å². The Morgan fingerprint density at radius 3 is 2.31 bits per heavy atom. The van der Waals surface area contributed by atoms with Crippen molar-refractivity contribution in [3.8, 4) is 16.9 Å². The molecule has 0 unspecified atom stereocenters. The van der Waals surface area contributed by atoms with Crippen LogP contribution in [0.5, 0.6) is 5.75 Å². The fraction of sp³-hybridized carbons (Fsp3) is 0.259. The fourth-order valence-electron chi connectivity index (χ4n) is 4.47. The second-order valence-electron chi connectivity index (χ2n) is 8.95. The van der Waals surface area contributed by atoms with E-state index in [2.05, 4.69) is 4.74 Å². The van der Waals surface area contributed by atoms with E-state index in [9.17, 15) is 32.3 Å². The number of amides is 1. The van der Waals surface area contributed by atoms with Gasteiger partial charge in [0.15, 0.2) is 12.2 Å². The van der Waals surface area contributed by atoms with Gasteiger partial charge in [-0.05, 0) is 41.0 Å². The van der Waals surface area contributed by atoms with Gasteiger partial charge in [0.25, 0.3) is 5.91 Å². The van der Waals surface area contributed by atoms with Gasteiger partial charge < -0.3 is 19.5 Å². The lowest BCUT2D eigenvalue weighted by Gasteiger charge is -2.38. The van der Waals surface area contributed by atoms with Crippen LogP contribution in [0.4, 0.5) is 27.6 Å². The Morgan fingerprint density at radius 1 is 1.08 bits per heavy atom. The number of ether oxygens (including phenoxy) is 2. The number of methoxy groups -OCH3 is 1. The molecule has 3 aromatic carbocycles. The van der Waals surface area contributed by atoms with Crippen LogP contribution in [0.3, 0.4) is 0 Å². The molecular formula is C27H21ClF5NO5. The number of anilines is 1. The first-order valence-electron chi connectivity index (χ1n) is 11.4. The molecule has 0 bridgehead atoms. The largest absolute Gasteiger partial charge is 0.481 e. The first-order valence-corrected chi connectivity index (χ1v) is 11.8. The number of hydrogen-bond acceptors (Lipinski definition) is 5. The summed E-state index contributed by atoms with van der Waals surface area (Å²) in [4.78, 5) is 24.6. The van der Waals surface area contributed by atoms with Crippen LogP contribution in [-0.2, 0) is 15.1 Å². The lowest BCUT2D eigenvalue weighted by molar-refractivity contribution is -0.275. The van der Waals surface area contributed by atoms with Crippen LogP contribution in [0.15, 0.2) is 48.5 Å². The molecule has 1 heterocycles. The van der Waals surface area contributed by atoms with Gasteiger partial charge in [-0.15, -0.1) is 0 Å². The molecule has 12 heteroatoms. The van der Waals surface area contributed by atoms with E-state index in [0.29, 0.717) is 11.6 Å². The summed E-state index contributed by atoms with van der Waals surface area (Å²) in [6.07, 6.45) is -5.38. The molecule has 0 radical (unpaired) electrons. The Hall–Kier alpha value is -3.70. The number of hydrogen-bond donors (Lipinski definition) is 1. The predicted octanol–water partition coefficient (Wildman–Crippen LogP) is 5.98. The van der Waals surface area contributed by atoms with E-state index in [1.165, 1.54) is 37.4 Å². The normalized spacial score (nSPS) is 15.7. The Labute approximate surface area is 224 Å². The fourth-order valence-corrected chi connectivity index (χ4v) is 4.81. The molecule has 3 aromatic rings. The third kappa shape index (κ3) is 4.80. The second-order valence-corrected chi connectivity index (χ2v) is 9.36. The highest BCUT2D eigenvalue weighted by atomic mass is 35.5. The van der Waals surface area contributed by atoms with Gasteiger partial charge in [0.1, 0.15) is 17.4 Å². The molecule has 1 aliphatic rings. The summed E-state index contributed by atoms with van der Waals surface area (Å²) in [6, 6.07) is 8.88. The van der Waals surface area contributed by atoms with Gasteiger partial charge in [0, 0.05) is 29.6 Å². The summed E-state index contributed by atoms with van der Waals surface area (Å²) in [5, 5.41) is 11.0. The third-order valence-corrected chi connectivity index (χ3v) is 7.11. The Kier molecular flexibility index (Phi) is 7.35. The monoisotopic (exact) mass is 569 g/mol. The van der Waals surface area contributed by atoms with Gasteiger partial charge in [-0.25, -0.2) is 13.6 Å². The van der Waals surface area contributed by atoms with E-state index in [1.54, 1.807) is 0 Å². The molecule has 1 amide bonds. The van der Waals surface area contributed by atoms with Crippen LogP contribution in [0.2, 0.25) is 5.02 Å². The summed E-state index contributed by atoms with van der Waals surface area (Å²) in [6.45, 7) is 0.614. The number of nitrogens with zero attached hydrogens (tertiary/aromatic N) is 1. The van der Waals surface area contributed by atoms with Crippen LogP contribution in [0.25, 0.3) is 11.1 Å². The standard InChI is InChI=1S/C27H21ClF5NO5/c1-13(16-6-4-14(8-19(16)28)15-5-7-17(20(29)9-15)25(36)38-3)26(37,27(31,32)33)18-10-22-23(11-21(18)30)39-12-24(35)34(22)2/h4-11,13,37H,12H2,1-3H3/t13-,26-/m0/s1. The van der Waals surface area contributed by atoms with Crippen molar-refractivity contribution in [2.75, 3.05) is 25.7 Å². The molecule has 206 valence electrons. The van der Waals surface area contributed by atoms with E-state index >= 15 is 4.39 Å². The number of alkyl halides is 3. The van der Waals surface area contributed by atoms with Crippen LogP contribution >= 0.6 is 11.6 Å². The lowest BCUT2D eigenvalue weighted by atomic mass is 9.77. The molecule has 0 fully saturated rings. The van der Waals surface area contributed by atoms with Gasteiger partial charge in [0.2, 0.25) is 0 Å². The Balaban J connectivity index is 1.78. The number of rotatable bonds is 5. The number of aliphatic hydroxyl groups is 1. The molecule has 6 nitrogen and oxygen atoms in total. The van der Waals surface area contributed by atoms with Gasteiger partial charge in [-0.3, -0.25) is 4.79 Å². The van der Waals surface area contributed by atoms with Crippen molar-refractivity contribution in [3.05, 3.63) is 81.9 Å². The predicted molar refractivity (Wildman–Crippen MR) is 132 cm³/mol. The van der Waals surface area contributed by atoms with Crippen molar-refractivity contribution in [2.45, 2.75) is 24.6 Å². The topological polar surface area (TPSA) is 76.1 Å². The van der Waals surface area contributed by atoms with Crippen molar-refractivity contribution in [1.29, 1.82) is 0 Å². The number of carbonyl (C=O) groups is 2. The van der Waals surface area contributed by atoms with E-state index in [1.807, 2.05) is 0 Å². The molecule has 1 N–H and O–H groups in total. The molecule has 1 aliphatic heterocycles. The molecule has 0 spiro atoms. The molecular weight excluding hydrogens is 549 g/mol. The Bertz CT molecular complexity index is 1480. The van der Waals surface area contributed by atoms with Crippen LogP contribution in [0.1, 0.15) is 34.3 Å². The number of esters is 1. The lowest BCUT2D eigenvalue weighted by Crippen LogP contribution is -2.47. The number of halogens is 6. The molecule has 0 saturated heterocycles. The average Bonchev–Trinajstić information content (AvgIpc) is 2.88. The maximum Gasteiger partial charge on any atom is 0.422 e. The summed E-state index contributed by atoms with van der Waals surface area (Å²) in [5.41, 5.74) is -4.95. The quantitative estimate of drug-likeness (QED) is 0.302. The maximum absolute atomic E-state index is 15.1. The maximum atomic E-state index is 15.1. The van der Waals surface area contributed by atoms with E-state index in [0.717, 1.165) is 31.1 Å². The minimum Gasteiger partial charge on any atom is -0.481 e. The third-order valence-electron chi connectivity index (χ3n) is 6.78. The van der Waals surface area contributed by atoms with Crippen molar-refractivity contribution in [1.82, 2.24) is 0 Å². The smallest absolute Gasteiger partial charge is 0.422 e. The van der Waals surface area contributed by atoms with Gasteiger partial charge >= 0.3 is 12.1 Å². The first kappa shape index (κ1) is 28.3. The number of carbonyl (C=O) groups excluding carboxylic acids is 2. The highest BCUT2D eigenvalue weighted by Crippen LogP contribution is 2.52. The minimum atomic E-state index is -5.38. The number of benzene rings is 3. The van der Waals surface area contributed by atoms with Gasteiger partial charge in [0.05, 0.1) is 18.4 Å². The van der Waals surface area contributed by atoms with E-state index in [4.69, 9.17) is 16.3 Å². The summed E-state index contributed by atoms with van der Waals surface area (Å²) in [5.74, 6) is -5.71. The summed E-state index contributed by atoms with van der Waals surface area (Å²) in [7, 11) is 2.39. The highest BCUT2D eigenvalue weighted by molar-refractivity contribution is 6.31. The first-order chi connectivity index (χ1) is 18.2. The van der Waals surface area contributed by atoms with Crippen LogP contribution < -0.4 is 9.64 Å². The average molecular weight is 570 g/mol. The van der Waals surface area contributed by atoms with Crippen LogP contribution in [0, 0.1) is 11.6 Å². The molecule has 4 rings (SSSR count). The van der Waals surface area contributed by atoms with Crippen molar-refractivity contribution in [2.24, 2.45) is 0 Å². The molecule has 0 aromatic heterocycles. The summed E-state index contributed by atoms with van der Waals surface area (Å²) >= 11 is 6.35. The van der Waals surface area contributed by atoms with Crippen molar-refractivity contribution in [3.63, 3.8) is 0 Å². The summed E-state index contributed by atoms with van der Waals surface area (Å²) < 4.78 is 82.7. The highest BCUT2D eigenvalue weighted by Gasteiger charge is 2.60. The minimum absolute atomic E-state index is 0.142.